The molecular formula is C22H34O2S8. The molecule has 32 heavy (non-hydrogen) atoms. The first-order valence-corrected chi connectivity index (χ1v) is 18.9. The fourth-order valence-corrected chi connectivity index (χ4v) is 16.1. The van der Waals surface area contributed by atoms with Crippen molar-refractivity contribution < 1.29 is 9.59 Å². The lowest BCUT2D eigenvalue weighted by Crippen LogP contribution is -2.18. The van der Waals surface area contributed by atoms with Crippen LogP contribution in [-0.4, -0.2) is 74.9 Å². The number of rotatable bonds is 15. The lowest BCUT2D eigenvalue weighted by atomic mass is 10.4. The summed E-state index contributed by atoms with van der Waals surface area (Å²) in [5.41, 5.74) is 0. The molecule has 0 bridgehead atoms. The van der Waals surface area contributed by atoms with Gasteiger partial charge in [0.1, 0.15) is 0 Å². The highest BCUT2D eigenvalue weighted by atomic mass is 32.2. The Bertz CT molecular complexity index is 565. The zero-order chi connectivity index (χ0) is 23.3. The quantitative estimate of drug-likeness (QED) is 0.145. The second-order valence-corrected chi connectivity index (χ2v) is 17.8. The van der Waals surface area contributed by atoms with Crippen molar-refractivity contribution >= 4 is 104 Å². The van der Waals surface area contributed by atoms with Crippen LogP contribution >= 0.6 is 94.1 Å². The molecule has 0 saturated carbocycles. The molecule has 0 spiro atoms. The SMILES string of the molecule is C=CC(=O)SCC1CSC(C(CC)SCCSC(CC)C2SCC(CSC(=O)C=C)S2)S1. The summed E-state index contributed by atoms with van der Waals surface area (Å²) in [4.78, 5) is 23.0. The Hall–Kier alpha value is 1.62. The molecule has 182 valence electrons. The molecule has 0 aromatic carbocycles. The largest absolute Gasteiger partial charge is 0.282 e. The summed E-state index contributed by atoms with van der Waals surface area (Å²) in [7, 11) is 0. The highest BCUT2D eigenvalue weighted by molar-refractivity contribution is 8.23. The molecule has 2 aliphatic heterocycles. The molecule has 6 unspecified atom stereocenters. The Morgan fingerprint density at radius 2 is 1.25 bits per heavy atom. The van der Waals surface area contributed by atoms with E-state index in [1.54, 1.807) is 0 Å². The number of thioether (sulfide) groups is 8. The molecule has 2 rings (SSSR count). The van der Waals surface area contributed by atoms with Crippen LogP contribution < -0.4 is 0 Å². The predicted octanol–water partition coefficient (Wildman–Crippen LogP) is 7.25. The van der Waals surface area contributed by atoms with Crippen LogP contribution in [0.15, 0.2) is 25.3 Å². The van der Waals surface area contributed by atoms with Crippen molar-refractivity contribution in [3.05, 3.63) is 25.3 Å². The number of carbonyl (C=O) groups is 2. The van der Waals surface area contributed by atoms with E-state index in [1.807, 2.05) is 0 Å². The van der Waals surface area contributed by atoms with Gasteiger partial charge in [0.05, 0.1) is 9.16 Å². The second kappa shape index (κ2) is 17.1. The first-order valence-electron chi connectivity index (χ1n) is 10.9. The first kappa shape index (κ1) is 29.8. The van der Waals surface area contributed by atoms with E-state index in [-0.39, 0.29) is 10.2 Å². The monoisotopic (exact) mass is 586 g/mol. The van der Waals surface area contributed by atoms with Crippen LogP contribution in [0.4, 0.5) is 0 Å². The van der Waals surface area contributed by atoms with Crippen LogP contribution in [-0.2, 0) is 9.59 Å². The average Bonchev–Trinajstić information content (AvgIpc) is 3.48. The van der Waals surface area contributed by atoms with Crippen LogP contribution in [0.1, 0.15) is 26.7 Å². The van der Waals surface area contributed by atoms with Crippen LogP contribution in [0.25, 0.3) is 0 Å². The zero-order valence-electron chi connectivity index (χ0n) is 18.8. The highest BCUT2D eigenvalue weighted by Crippen LogP contribution is 2.47. The van der Waals surface area contributed by atoms with Crippen LogP contribution in [0, 0.1) is 0 Å². The molecule has 0 amide bonds. The van der Waals surface area contributed by atoms with Gasteiger partial charge in [-0.15, -0.1) is 47.0 Å². The van der Waals surface area contributed by atoms with Gasteiger partial charge in [-0.25, -0.2) is 0 Å². The van der Waals surface area contributed by atoms with E-state index in [4.69, 9.17) is 0 Å². The first-order chi connectivity index (χ1) is 15.5. The van der Waals surface area contributed by atoms with Gasteiger partial charge in [0.15, 0.2) is 0 Å². The third-order valence-corrected chi connectivity index (χ3v) is 18.3. The van der Waals surface area contributed by atoms with Crippen molar-refractivity contribution in [3.63, 3.8) is 0 Å². The smallest absolute Gasteiger partial charge is 0.211 e. The van der Waals surface area contributed by atoms with Crippen molar-refractivity contribution in [3.8, 4) is 0 Å². The zero-order valence-corrected chi connectivity index (χ0v) is 25.3. The summed E-state index contributed by atoms with van der Waals surface area (Å²) in [6.07, 6.45) is 5.26. The number of hydrogen-bond donors (Lipinski definition) is 0. The van der Waals surface area contributed by atoms with E-state index in [0.29, 0.717) is 30.2 Å². The Labute approximate surface area is 228 Å². The standard InChI is InChI=1S/C22H34O2S8/c1-5-17(21-29-13-15(31-21)11-27-19(23)7-3)25-9-10-26-18(6-2)22-30-14-16(32-22)12-28-20(24)8-4/h7-8,15-18,21-22H,3-6,9-14H2,1-2H3. The fourth-order valence-electron chi connectivity index (χ4n) is 3.15. The average molecular weight is 587 g/mol. The molecule has 2 nitrogen and oxygen atoms in total. The number of hydrogen-bond acceptors (Lipinski definition) is 10. The predicted molar refractivity (Wildman–Crippen MR) is 164 cm³/mol. The Morgan fingerprint density at radius 3 is 1.59 bits per heavy atom. The molecule has 0 aliphatic carbocycles. The molecule has 6 atom stereocenters. The highest BCUT2D eigenvalue weighted by Gasteiger charge is 2.33. The van der Waals surface area contributed by atoms with Crippen molar-refractivity contribution in [2.45, 2.75) is 56.9 Å². The maximum Gasteiger partial charge on any atom is 0.211 e. The Kier molecular flexibility index (Phi) is 16.0. The Morgan fingerprint density at radius 1 is 0.844 bits per heavy atom. The van der Waals surface area contributed by atoms with E-state index in [2.05, 4.69) is 97.6 Å². The van der Waals surface area contributed by atoms with E-state index < -0.39 is 0 Å². The lowest BCUT2D eigenvalue weighted by molar-refractivity contribution is -0.107. The maximum absolute atomic E-state index is 11.5. The molecule has 2 fully saturated rings. The Balaban J connectivity index is 1.65. The molecule has 10 heteroatoms. The molecule has 0 aromatic rings. The van der Waals surface area contributed by atoms with Crippen molar-refractivity contribution in [1.29, 1.82) is 0 Å². The van der Waals surface area contributed by atoms with E-state index in [1.165, 1.54) is 60.0 Å². The van der Waals surface area contributed by atoms with E-state index in [9.17, 15) is 9.59 Å². The van der Waals surface area contributed by atoms with E-state index in [0.717, 1.165) is 23.0 Å². The van der Waals surface area contributed by atoms with E-state index >= 15 is 0 Å². The molecular weight excluding hydrogens is 553 g/mol. The maximum atomic E-state index is 11.5. The molecule has 2 aliphatic rings. The third-order valence-electron chi connectivity index (χ3n) is 4.86. The summed E-state index contributed by atoms with van der Waals surface area (Å²) >= 11 is 15.4. The normalized spacial score (nSPS) is 27.2. The second-order valence-electron chi connectivity index (χ2n) is 7.22. The third kappa shape index (κ3) is 10.7. The van der Waals surface area contributed by atoms with Gasteiger partial charge < -0.3 is 0 Å². The molecule has 2 saturated heterocycles. The van der Waals surface area contributed by atoms with Gasteiger partial charge in [0.2, 0.25) is 10.2 Å². The van der Waals surface area contributed by atoms with Gasteiger partial charge in [-0.05, 0) is 25.0 Å². The van der Waals surface area contributed by atoms with Gasteiger partial charge in [-0.2, -0.15) is 23.5 Å². The topological polar surface area (TPSA) is 34.1 Å². The van der Waals surface area contributed by atoms with Gasteiger partial charge in [-0.3, -0.25) is 9.59 Å². The molecule has 0 aromatic heterocycles. The van der Waals surface area contributed by atoms with Crippen molar-refractivity contribution in [1.82, 2.24) is 0 Å². The van der Waals surface area contributed by atoms with Crippen LogP contribution in [0.2, 0.25) is 0 Å². The summed E-state index contributed by atoms with van der Waals surface area (Å²) in [5.74, 6) is 6.55. The molecule has 0 radical (unpaired) electrons. The summed E-state index contributed by atoms with van der Waals surface area (Å²) in [6.45, 7) is 11.7. The van der Waals surface area contributed by atoms with Gasteiger partial charge in [0.25, 0.3) is 0 Å². The van der Waals surface area contributed by atoms with Gasteiger partial charge in [0, 0.05) is 55.5 Å². The van der Waals surface area contributed by atoms with Gasteiger partial charge >= 0.3 is 0 Å². The molecule has 0 N–H and O–H groups in total. The minimum atomic E-state index is 0.0943. The minimum Gasteiger partial charge on any atom is -0.282 e. The van der Waals surface area contributed by atoms with Crippen LogP contribution in [0.3, 0.4) is 0 Å². The lowest BCUT2D eigenvalue weighted by Gasteiger charge is -2.23. The minimum absolute atomic E-state index is 0.0943. The fraction of sp³-hybridized carbons (Fsp3) is 0.727. The summed E-state index contributed by atoms with van der Waals surface area (Å²) < 4.78 is 1.30. The van der Waals surface area contributed by atoms with Crippen molar-refractivity contribution in [2.24, 2.45) is 0 Å². The number of carbonyl (C=O) groups excluding carboxylic acids is 2. The van der Waals surface area contributed by atoms with Gasteiger partial charge in [-0.1, -0.05) is 50.5 Å². The van der Waals surface area contributed by atoms with Crippen LogP contribution in [0.5, 0.6) is 0 Å². The summed E-state index contributed by atoms with van der Waals surface area (Å²) in [5, 5.41) is 2.73. The van der Waals surface area contributed by atoms with Crippen molar-refractivity contribution in [2.75, 3.05) is 34.5 Å². The summed E-state index contributed by atoms with van der Waals surface area (Å²) in [6, 6.07) is 0. The molecule has 2 heterocycles.